The summed E-state index contributed by atoms with van der Waals surface area (Å²) in [6.07, 6.45) is 0. The van der Waals surface area contributed by atoms with Crippen LogP contribution >= 0.6 is 15.9 Å². The normalized spacial score (nSPS) is 38.3. The van der Waals surface area contributed by atoms with Crippen LogP contribution in [0.4, 0.5) is 0 Å². The van der Waals surface area contributed by atoms with E-state index < -0.39 is 0 Å². The smallest absolute Gasteiger partial charge is 0.138 e. The molecule has 0 amide bonds. The summed E-state index contributed by atoms with van der Waals surface area (Å²) in [6, 6.07) is 6.10. The molecule has 0 radical (unpaired) electrons. The number of fused-ring (bicyclic) bond motifs is 3. The topological polar surface area (TPSA) is 21.8 Å². The minimum atomic E-state index is -0.289. The Bertz CT molecular complexity index is 483. The standard InChI is InChI=1S/C13H15BrO2/c1-11(2)13(4)12(3,16-13)9-7-8(14)5-6-10(9)15-11/h5-7H,1-4H3/t12-,13+/m1/s1. The van der Waals surface area contributed by atoms with E-state index in [1.54, 1.807) is 0 Å². The molecule has 16 heavy (non-hydrogen) atoms. The average molecular weight is 283 g/mol. The molecule has 0 spiro atoms. The van der Waals surface area contributed by atoms with Gasteiger partial charge in [-0.2, -0.15) is 0 Å². The molecule has 3 heteroatoms. The molecule has 2 aliphatic heterocycles. The van der Waals surface area contributed by atoms with Gasteiger partial charge in [-0.3, -0.25) is 0 Å². The second-order valence-corrected chi connectivity index (χ2v) is 6.34. The van der Waals surface area contributed by atoms with Gasteiger partial charge in [0, 0.05) is 10.0 Å². The van der Waals surface area contributed by atoms with Crippen LogP contribution in [0.2, 0.25) is 0 Å². The zero-order valence-electron chi connectivity index (χ0n) is 9.93. The number of hydrogen-bond acceptors (Lipinski definition) is 2. The molecule has 2 aliphatic rings. The molecule has 2 heterocycles. The fraction of sp³-hybridized carbons (Fsp3) is 0.538. The summed E-state index contributed by atoms with van der Waals surface area (Å²) in [5.41, 5.74) is 0.410. The fourth-order valence-electron chi connectivity index (χ4n) is 2.73. The van der Waals surface area contributed by atoms with Gasteiger partial charge in [-0.15, -0.1) is 0 Å². The summed E-state index contributed by atoms with van der Waals surface area (Å²) in [5, 5.41) is 0. The maximum absolute atomic E-state index is 6.05. The number of halogens is 1. The van der Waals surface area contributed by atoms with Crippen molar-refractivity contribution < 1.29 is 9.47 Å². The summed E-state index contributed by atoms with van der Waals surface area (Å²) in [6.45, 7) is 8.44. The molecule has 0 aromatic heterocycles. The van der Waals surface area contributed by atoms with Crippen LogP contribution in [0.15, 0.2) is 22.7 Å². The van der Waals surface area contributed by atoms with Gasteiger partial charge in [-0.05, 0) is 45.9 Å². The number of benzene rings is 1. The van der Waals surface area contributed by atoms with Crippen LogP contribution in [-0.4, -0.2) is 11.2 Å². The first-order chi connectivity index (χ1) is 7.30. The van der Waals surface area contributed by atoms with Crippen LogP contribution in [0, 0.1) is 0 Å². The number of rotatable bonds is 0. The second kappa shape index (κ2) is 2.65. The predicted molar refractivity (Wildman–Crippen MR) is 65.7 cm³/mol. The van der Waals surface area contributed by atoms with Gasteiger partial charge in [0.05, 0.1) is 0 Å². The summed E-state index contributed by atoms with van der Waals surface area (Å²) in [7, 11) is 0. The lowest BCUT2D eigenvalue weighted by Crippen LogP contribution is -2.49. The van der Waals surface area contributed by atoms with Crippen molar-refractivity contribution in [1.29, 1.82) is 0 Å². The quantitative estimate of drug-likeness (QED) is 0.678. The lowest BCUT2D eigenvalue weighted by molar-refractivity contribution is 0.0226. The Morgan fingerprint density at radius 3 is 2.50 bits per heavy atom. The molecule has 2 nitrogen and oxygen atoms in total. The third-order valence-electron chi connectivity index (χ3n) is 4.25. The van der Waals surface area contributed by atoms with Crippen molar-refractivity contribution in [2.45, 2.75) is 44.5 Å². The van der Waals surface area contributed by atoms with Gasteiger partial charge in [0.25, 0.3) is 0 Å². The Balaban J connectivity index is 2.22. The summed E-state index contributed by atoms with van der Waals surface area (Å²) in [4.78, 5) is 0. The van der Waals surface area contributed by atoms with Crippen molar-refractivity contribution in [2.75, 3.05) is 0 Å². The summed E-state index contributed by atoms with van der Waals surface area (Å²) < 4.78 is 13.1. The van der Waals surface area contributed by atoms with Crippen LogP contribution in [0.1, 0.15) is 33.3 Å². The maximum Gasteiger partial charge on any atom is 0.138 e. The van der Waals surface area contributed by atoms with Crippen LogP contribution in [-0.2, 0) is 10.3 Å². The predicted octanol–water partition coefficient (Wildman–Crippen LogP) is 3.62. The highest BCUT2D eigenvalue weighted by molar-refractivity contribution is 9.10. The van der Waals surface area contributed by atoms with Crippen LogP contribution in [0.3, 0.4) is 0 Å². The molecular formula is C13H15BrO2. The van der Waals surface area contributed by atoms with E-state index in [-0.39, 0.29) is 16.8 Å². The average Bonchev–Trinajstić information content (AvgIpc) is 2.75. The van der Waals surface area contributed by atoms with Crippen LogP contribution in [0.25, 0.3) is 0 Å². The number of hydrogen-bond donors (Lipinski definition) is 0. The Hall–Kier alpha value is -0.540. The Morgan fingerprint density at radius 2 is 1.81 bits per heavy atom. The van der Waals surface area contributed by atoms with E-state index in [1.165, 1.54) is 0 Å². The minimum Gasteiger partial charge on any atom is -0.484 e. The molecule has 0 N–H and O–H groups in total. The number of ether oxygens (including phenoxy) is 2. The summed E-state index contributed by atoms with van der Waals surface area (Å²) in [5.74, 6) is 0.936. The Labute approximate surface area is 104 Å². The molecule has 2 atom stereocenters. The van der Waals surface area contributed by atoms with Crippen molar-refractivity contribution in [3.63, 3.8) is 0 Å². The van der Waals surface area contributed by atoms with Gasteiger partial charge >= 0.3 is 0 Å². The largest absolute Gasteiger partial charge is 0.484 e. The first-order valence-electron chi connectivity index (χ1n) is 5.49. The van der Waals surface area contributed by atoms with Gasteiger partial charge in [-0.25, -0.2) is 0 Å². The molecule has 0 aliphatic carbocycles. The third kappa shape index (κ3) is 1.01. The van der Waals surface area contributed by atoms with Crippen molar-refractivity contribution in [3.8, 4) is 5.75 Å². The zero-order valence-corrected chi connectivity index (χ0v) is 11.5. The molecule has 1 fully saturated rings. The van der Waals surface area contributed by atoms with Gasteiger partial charge in [0.1, 0.15) is 22.6 Å². The van der Waals surface area contributed by atoms with Crippen LogP contribution in [0.5, 0.6) is 5.75 Å². The van der Waals surface area contributed by atoms with Gasteiger partial charge < -0.3 is 9.47 Å². The Morgan fingerprint density at radius 1 is 1.12 bits per heavy atom. The monoisotopic (exact) mass is 282 g/mol. The van der Waals surface area contributed by atoms with E-state index in [0.717, 1.165) is 15.8 Å². The minimum absolute atomic E-state index is 0.214. The van der Waals surface area contributed by atoms with Gasteiger partial charge in [0.2, 0.25) is 0 Å². The van der Waals surface area contributed by atoms with Crippen LogP contribution < -0.4 is 4.74 Å². The van der Waals surface area contributed by atoms with Crippen molar-refractivity contribution in [1.82, 2.24) is 0 Å². The van der Waals surface area contributed by atoms with E-state index in [4.69, 9.17) is 9.47 Å². The van der Waals surface area contributed by atoms with E-state index >= 15 is 0 Å². The molecule has 1 aromatic carbocycles. The van der Waals surface area contributed by atoms with E-state index in [0.29, 0.717) is 0 Å². The maximum atomic E-state index is 6.05. The molecule has 86 valence electrons. The fourth-order valence-corrected chi connectivity index (χ4v) is 3.09. The molecule has 0 unspecified atom stereocenters. The van der Waals surface area contributed by atoms with Crippen molar-refractivity contribution >= 4 is 15.9 Å². The molecule has 1 aromatic rings. The molecular weight excluding hydrogens is 268 g/mol. The first kappa shape index (κ1) is 10.6. The SMILES string of the molecule is CC1(C)Oc2ccc(Br)cc2[C@@]2(C)O[C@@]12C. The second-order valence-electron chi connectivity index (χ2n) is 5.42. The summed E-state index contributed by atoms with van der Waals surface area (Å²) >= 11 is 3.50. The lowest BCUT2D eigenvalue weighted by Gasteiger charge is -2.37. The number of epoxide rings is 1. The highest BCUT2D eigenvalue weighted by Gasteiger charge is 2.75. The first-order valence-corrected chi connectivity index (χ1v) is 6.29. The lowest BCUT2D eigenvalue weighted by atomic mass is 9.76. The third-order valence-corrected chi connectivity index (χ3v) is 4.74. The highest BCUT2D eigenvalue weighted by atomic mass is 79.9. The van der Waals surface area contributed by atoms with E-state index in [1.807, 2.05) is 12.1 Å². The zero-order chi connectivity index (χ0) is 11.8. The highest BCUT2D eigenvalue weighted by Crippen LogP contribution is 2.66. The van der Waals surface area contributed by atoms with Gasteiger partial charge in [-0.1, -0.05) is 15.9 Å². The van der Waals surface area contributed by atoms with Crippen molar-refractivity contribution in [3.05, 3.63) is 28.2 Å². The molecule has 1 saturated heterocycles. The van der Waals surface area contributed by atoms with Gasteiger partial charge in [0.15, 0.2) is 0 Å². The Kier molecular flexibility index (Phi) is 1.75. The van der Waals surface area contributed by atoms with E-state index in [2.05, 4.69) is 49.7 Å². The molecule has 0 bridgehead atoms. The van der Waals surface area contributed by atoms with E-state index in [9.17, 15) is 0 Å². The molecule has 3 rings (SSSR count). The molecule has 0 saturated carbocycles. The van der Waals surface area contributed by atoms with Crippen molar-refractivity contribution in [2.24, 2.45) is 0 Å².